The van der Waals surface area contributed by atoms with Crippen LogP contribution in [0.3, 0.4) is 0 Å². The highest BCUT2D eigenvalue weighted by atomic mass is 19.1. The fraction of sp³-hybridized carbons (Fsp3) is 0.200. The fourth-order valence-electron chi connectivity index (χ4n) is 3.88. The Bertz CT molecular complexity index is 1330. The Kier molecular flexibility index (Phi) is 5.56. The number of fused-ring (bicyclic) bond motifs is 5. The molecule has 2 bridgehead atoms. The first-order valence-corrected chi connectivity index (χ1v) is 10.8. The first-order valence-electron chi connectivity index (χ1n) is 10.8. The Hall–Kier alpha value is -4.07. The summed E-state index contributed by atoms with van der Waals surface area (Å²) in [5, 5.41) is 2.82. The van der Waals surface area contributed by atoms with E-state index in [0.717, 1.165) is 30.8 Å². The van der Waals surface area contributed by atoms with Crippen molar-refractivity contribution in [3.05, 3.63) is 78.1 Å². The third-order valence-corrected chi connectivity index (χ3v) is 5.49. The number of ether oxygens (including phenoxy) is 1. The lowest BCUT2D eigenvalue weighted by molar-refractivity contribution is 0.102. The minimum Gasteiger partial charge on any atom is -0.493 e. The Balaban J connectivity index is 1.57. The summed E-state index contributed by atoms with van der Waals surface area (Å²) in [7, 11) is 0. The maximum Gasteiger partial charge on any atom is 0.260 e. The molecule has 33 heavy (non-hydrogen) atoms. The van der Waals surface area contributed by atoms with Crippen LogP contribution in [0.15, 0.2) is 61.2 Å². The summed E-state index contributed by atoms with van der Waals surface area (Å²) in [6.45, 7) is 2.99. The van der Waals surface area contributed by atoms with Crippen molar-refractivity contribution < 1.29 is 13.9 Å². The van der Waals surface area contributed by atoms with Gasteiger partial charge in [-0.1, -0.05) is 6.07 Å². The number of imidazole rings is 1. The lowest BCUT2D eigenvalue weighted by Crippen LogP contribution is -2.16. The van der Waals surface area contributed by atoms with E-state index in [1.54, 1.807) is 24.7 Å². The number of amides is 1. The second kappa shape index (κ2) is 8.82. The third kappa shape index (κ3) is 4.32. The first-order chi connectivity index (χ1) is 16.1. The minimum absolute atomic E-state index is 0.200. The van der Waals surface area contributed by atoms with Gasteiger partial charge in [0.25, 0.3) is 5.91 Å². The van der Waals surface area contributed by atoms with Crippen molar-refractivity contribution in [3.63, 3.8) is 0 Å². The van der Waals surface area contributed by atoms with Crippen molar-refractivity contribution in [2.75, 3.05) is 11.9 Å². The largest absolute Gasteiger partial charge is 0.493 e. The van der Waals surface area contributed by atoms with E-state index in [9.17, 15) is 4.79 Å². The zero-order valence-corrected chi connectivity index (χ0v) is 18.1. The molecule has 3 aromatic heterocycles. The summed E-state index contributed by atoms with van der Waals surface area (Å²) in [5.41, 5.74) is 2.67. The van der Waals surface area contributed by atoms with Crippen LogP contribution in [-0.4, -0.2) is 32.0 Å². The number of carbonyl (C=O) groups excluding carboxylic acids is 1. The lowest BCUT2D eigenvalue weighted by Gasteiger charge is -2.16. The van der Waals surface area contributed by atoms with Crippen molar-refractivity contribution in [1.82, 2.24) is 19.5 Å². The Morgan fingerprint density at radius 1 is 1.12 bits per heavy atom. The Morgan fingerprint density at radius 3 is 2.91 bits per heavy atom. The summed E-state index contributed by atoms with van der Waals surface area (Å²) < 4.78 is 22.9. The van der Waals surface area contributed by atoms with E-state index in [2.05, 4.69) is 20.3 Å². The van der Waals surface area contributed by atoms with E-state index in [1.165, 1.54) is 12.1 Å². The number of carbonyl (C=O) groups is 1. The van der Waals surface area contributed by atoms with Gasteiger partial charge in [-0.25, -0.2) is 14.4 Å². The summed E-state index contributed by atoms with van der Waals surface area (Å²) in [6, 6.07) is 9.99. The molecule has 0 radical (unpaired) electrons. The van der Waals surface area contributed by atoms with Gasteiger partial charge < -0.3 is 14.6 Å². The molecule has 0 spiro atoms. The number of aromatic nitrogens is 4. The van der Waals surface area contributed by atoms with E-state index < -0.39 is 11.7 Å². The van der Waals surface area contributed by atoms with Crippen molar-refractivity contribution in [2.24, 2.45) is 0 Å². The smallest absolute Gasteiger partial charge is 0.260 e. The molecule has 1 aliphatic heterocycles. The van der Waals surface area contributed by atoms with Crippen LogP contribution in [0, 0.1) is 12.7 Å². The van der Waals surface area contributed by atoms with Gasteiger partial charge in [0.15, 0.2) is 5.82 Å². The molecule has 0 unspecified atom stereocenters. The van der Waals surface area contributed by atoms with Crippen molar-refractivity contribution in [3.8, 4) is 28.4 Å². The van der Waals surface area contributed by atoms with Gasteiger partial charge in [-0.2, -0.15) is 0 Å². The van der Waals surface area contributed by atoms with Crippen LogP contribution >= 0.6 is 0 Å². The summed E-state index contributed by atoms with van der Waals surface area (Å²) in [6.07, 6.45) is 8.48. The van der Waals surface area contributed by atoms with Gasteiger partial charge in [-0.05, 0) is 49.6 Å². The molecule has 5 rings (SSSR count). The van der Waals surface area contributed by atoms with Crippen LogP contribution in [0.2, 0.25) is 0 Å². The van der Waals surface area contributed by atoms with E-state index in [-0.39, 0.29) is 16.9 Å². The van der Waals surface area contributed by atoms with Gasteiger partial charge in [-0.3, -0.25) is 9.78 Å². The predicted octanol–water partition coefficient (Wildman–Crippen LogP) is 4.88. The van der Waals surface area contributed by atoms with Crippen LogP contribution < -0.4 is 10.1 Å². The van der Waals surface area contributed by atoms with Crippen molar-refractivity contribution in [1.29, 1.82) is 0 Å². The maximum atomic E-state index is 15.0. The molecule has 4 heterocycles. The summed E-state index contributed by atoms with van der Waals surface area (Å²) in [4.78, 5) is 26.4. The number of hydrogen-bond donors (Lipinski definition) is 1. The second-order valence-corrected chi connectivity index (χ2v) is 7.94. The van der Waals surface area contributed by atoms with Crippen LogP contribution in [0.25, 0.3) is 22.6 Å². The molecule has 0 fully saturated rings. The number of pyridine rings is 2. The highest BCUT2D eigenvalue weighted by Gasteiger charge is 2.20. The predicted molar refractivity (Wildman–Crippen MR) is 123 cm³/mol. The highest BCUT2D eigenvalue weighted by Crippen LogP contribution is 2.31. The molecule has 0 atom stereocenters. The normalized spacial score (nSPS) is 13.8. The molecule has 4 aromatic rings. The van der Waals surface area contributed by atoms with E-state index in [0.29, 0.717) is 23.7 Å². The highest BCUT2D eigenvalue weighted by molar-refractivity contribution is 6.06. The van der Waals surface area contributed by atoms with Crippen LogP contribution in [-0.2, 0) is 6.54 Å². The Labute approximate surface area is 190 Å². The lowest BCUT2D eigenvalue weighted by atomic mass is 10.0. The molecule has 8 heteroatoms. The molecular formula is C25H22FN5O2. The third-order valence-electron chi connectivity index (χ3n) is 5.49. The molecule has 1 aliphatic rings. The molecule has 0 saturated heterocycles. The standard InChI is InChI=1S/C25H22FN5O2/c1-16-11-17(15-27-14-16)18-12-19-22(13-20(18)26)33-10-3-2-8-31-9-7-28-24(31)21-5-4-6-23(29-21)30-25(19)32/h4-7,9,11-15H,2-3,8,10H2,1H3,(H,29,30,32). The number of nitrogens with one attached hydrogen (secondary N) is 1. The molecule has 0 aliphatic carbocycles. The van der Waals surface area contributed by atoms with Crippen LogP contribution in [0.4, 0.5) is 10.2 Å². The topological polar surface area (TPSA) is 81.9 Å². The quantitative estimate of drug-likeness (QED) is 0.453. The van der Waals surface area contributed by atoms with Gasteiger partial charge in [0.2, 0.25) is 0 Å². The summed E-state index contributed by atoms with van der Waals surface area (Å²) >= 11 is 0. The molecule has 0 saturated carbocycles. The van der Waals surface area contributed by atoms with Crippen LogP contribution in [0.5, 0.6) is 5.75 Å². The van der Waals surface area contributed by atoms with E-state index in [4.69, 9.17) is 4.74 Å². The second-order valence-electron chi connectivity index (χ2n) is 7.94. The molecule has 1 amide bonds. The van der Waals surface area contributed by atoms with Gasteiger partial charge >= 0.3 is 0 Å². The minimum atomic E-state index is -0.474. The van der Waals surface area contributed by atoms with E-state index >= 15 is 4.39 Å². The zero-order valence-electron chi connectivity index (χ0n) is 18.1. The number of anilines is 1. The average molecular weight is 443 g/mol. The number of aryl methyl sites for hydroxylation is 2. The molecule has 7 nitrogen and oxygen atoms in total. The number of halogens is 1. The first kappa shape index (κ1) is 20.8. The maximum absolute atomic E-state index is 15.0. The fourth-order valence-corrected chi connectivity index (χ4v) is 3.88. The van der Waals surface area contributed by atoms with Gasteiger partial charge in [0.05, 0.1) is 12.2 Å². The molecule has 166 valence electrons. The van der Waals surface area contributed by atoms with Crippen molar-refractivity contribution >= 4 is 11.7 Å². The zero-order chi connectivity index (χ0) is 22.8. The SMILES string of the molecule is Cc1cncc(-c2cc3c(cc2F)OCCCCn2ccnc2-c2cccc(n2)NC3=O)c1. The van der Waals surface area contributed by atoms with Gasteiger partial charge in [0.1, 0.15) is 23.1 Å². The van der Waals surface area contributed by atoms with E-state index in [1.807, 2.05) is 35.9 Å². The van der Waals surface area contributed by atoms with Gasteiger partial charge in [-0.15, -0.1) is 0 Å². The number of benzene rings is 1. The Morgan fingerprint density at radius 2 is 2.03 bits per heavy atom. The average Bonchev–Trinajstić information content (AvgIpc) is 3.27. The number of rotatable bonds is 1. The van der Waals surface area contributed by atoms with Gasteiger partial charge in [0, 0.05) is 48.5 Å². The molecule has 1 aromatic carbocycles. The monoisotopic (exact) mass is 443 g/mol. The molecular weight excluding hydrogens is 421 g/mol. The number of nitrogens with zero attached hydrogens (tertiary/aromatic N) is 4. The molecule has 1 N–H and O–H groups in total. The van der Waals surface area contributed by atoms with Crippen LogP contribution in [0.1, 0.15) is 28.8 Å². The number of hydrogen-bond acceptors (Lipinski definition) is 5. The summed E-state index contributed by atoms with van der Waals surface area (Å²) in [5.74, 6) is 0.403. The van der Waals surface area contributed by atoms with Crippen molar-refractivity contribution in [2.45, 2.75) is 26.3 Å².